The zero-order chi connectivity index (χ0) is 16.4. The van der Waals surface area contributed by atoms with Crippen LogP contribution in [0.1, 0.15) is 71.1 Å². The summed E-state index contributed by atoms with van der Waals surface area (Å²) in [7, 11) is 4.28. The molecule has 1 unspecified atom stereocenters. The van der Waals surface area contributed by atoms with Crippen LogP contribution in [0.15, 0.2) is 11.6 Å². The predicted octanol–water partition coefficient (Wildman–Crippen LogP) is 5.83. The minimum Gasteiger partial charge on any atom is -0.393 e. The Kier molecular flexibility index (Phi) is 4.11. The van der Waals surface area contributed by atoms with Gasteiger partial charge >= 0.3 is 0 Å². The van der Waals surface area contributed by atoms with E-state index in [9.17, 15) is 5.11 Å². The fourth-order valence-corrected chi connectivity index (χ4v) is 10.9. The minimum absolute atomic E-state index is 0.00747. The van der Waals surface area contributed by atoms with Gasteiger partial charge in [-0.1, -0.05) is 40.2 Å². The molecule has 3 heteroatoms. The molecule has 5 rings (SSSR count). The highest BCUT2D eigenvalue weighted by Gasteiger charge is 2.57. The summed E-state index contributed by atoms with van der Waals surface area (Å²) >= 11 is 0. The van der Waals surface area contributed by atoms with Gasteiger partial charge in [0.05, 0.1) is 6.10 Å². The second kappa shape index (κ2) is 5.96. The van der Waals surface area contributed by atoms with Gasteiger partial charge in [0.15, 0.2) is 0 Å². The van der Waals surface area contributed by atoms with Gasteiger partial charge in [0.1, 0.15) is 0 Å². The summed E-state index contributed by atoms with van der Waals surface area (Å²) in [5.41, 5.74) is 2.14. The number of hydrogen-bond acceptors (Lipinski definition) is 3. The van der Waals surface area contributed by atoms with Gasteiger partial charge in [-0.05, 0) is 93.3 Å². The summed E-state index contributed by atoms with van der Waals surface area (Å²) in [6, 6.07) is 0. The largest absolute Gasteiger partial charge is 0.393 e. The van der Waals surface area contributed by atoms with Crippen molar-refractivity contribution in [3.8, 4) is 0 Å². The number of hydrogen-bond donors (Lipinski definition) is 1. The maximum Gasteiger partial charge on any atom is 0.0599 e. The van der Waals surface area contributed by atoms with Crippen molar-refractivity contribution in [1.82, 2.24) is 0 Å². The molecule has 4 fully saturated rings. The lowest BCUT2D eigenvalue weighted by atomic mass is 9.51. The quantitative estimate of drug-likeness (QED) is 0.466. The van der Waals surface area contributed by atoms with Crippen LogP contribution >= 0.6 is 21.6 Å². The third-order valence-electron chi connectivity index (χ3n) is 8.74. The Hall–Kier alpha value is 0.400. The van der Waals surface area contributed by atoms with Crippen LogP contribution in [0.4, 0.5) is 0 Å². The molecule has 134 valence electrons. The smallest absolute Gasteiger partial charge is 0.0599 e. The Morgan fingerprint density at radius 2 is 2.00 bits per heavy atom. The van der Waals surface area contributed by atoms with E-state index >= 15 is 0 Å². The Bertz CT molecular complexity index is 538. The van der Waals surface area contributed by atoms with Crippen LogP contribution in [0.5, 0.6) is 0 Å². The maximum atomic E-state index is 10.7. The molecule has 0 aromatic heterocycles. The molecular formula is C21H32OS2. The molecule has 1 aliphatic heterocycles. The number of aliphatic hydroxyl groups is 1. The Balaban J connectivity index is 1.42. The van der Waals surface area contributed by atoms with Crippen LogP contribution in [0.25, 0.3) is 0 Å². The highest BCUT2D eigenvalue weighted by Crippen LogP contribution is 2.64. The number of rotatable bonds is 1. The van der Waals surface area contributed by atoms with Crippen molar-refractivity contribution in [2.24, 2.45) is 29.1 Å². The summed E-state index contributed by atoms with van der Waals surface area (Å²) in [4.78, 5) is 0. The van der Waals surface area contributed by atoms with E-state index in [0.717, 1.165) is 30.1 Å². The molecule has 1 spiro atoms. The van der Waals surface area contributed by atoms with Gasteiger partial charge in [-0.3, -0.25) is 0 Å². The van der Waals surface area contributed by atoms with Crippen molar-refractivity contribution in [3.05, 3.63) is 11.6 Å². The van der Waals surface area contributed by atoms with Gasteiger partial charge in [0.2, 0.25) is 0 Å². The van der Waals surface area contributed by atoms with Crippen molar-refractivity contribution in [1.29, 1.82) is 0 Å². The molecule has 0 radical (unpaired) electrons. The summed E-state index contributed by atoms with van der Waals surface area (Å²) in [5, 5.41) is 10.7. The topological polar surface area (TPSA) is 20.2 Å². The Morgan fingerprint density at radius 1 is 1.08 bits per heavy atom. The number of fused-ring (bicyclic) bond motifs is 5. The first-order valence-electron chi connectivity index (χ1n) is 10.4. The fraction of sp³-hybridized carbons (Fsp3) is 0.905. The molecule has 0 bridgehead atoms. The molecule has 1 nitrogen and oxygen atoms in total. The molecule has 1 saturated heterocycles. The van der Waals surface area contributed by atoms with Crippen molar-refractivity contribution >= 4 is 21.6 Å². The summed E-state index contributed by atoms with van der Waals surface area (Å²) in [5.74, 6) is 4.93. The van der Waals surface area contributed by atoms with E-state index in [-0.39, 0.29) is 11.5 Å². The van der Waals surface area contributed by atoms with Crippen LogP contribution in [0.3, 0.4) is 0 Å². The molecule has 1 N–H and O–H groups in total. The Labute approximate surface area is 155 Å². The van der Waals surface area contributed by atoms with Gasteiger partial charge in [0.25, 0.3) is 0 Å². The van der Waals surface area contributed by atoms with Crippen LogP contribution in [-0.2, 0) is 0 Å². The monoisotopic (exact) mass is 364 g/mol. The number of aliphatic hydroxyl groups excluding tert-OH is 1. The molecule has 0 aromatic carbocycles. The lowest BCUT2D eigenvalue weighted by Gasteiger charge is -2.55. The van der Waals surface area contributed by atoms with Crippen LogP contribution in [-0.4, -0.2) is 21.7 Å². The van der Waals surface area contributed by atoms with Gasteiger partial charge in [-0.15, -0.1) is 0 Å². The summed E-state index contributed by atoms with van der Waals surface area (Å²) < 4.78 is 0.509. The summed E-state index contributed by atoms with van der Waals surface area (Å²) in [6.07, 6.45) is 16.1. The minimum atomic E-state index is -0.00747. The molecular weight excluding hydrogens is 332 g/mol. The van der Waals surface area contributed by atoms with Crippen LogP contribution in [0, 0.1) is 29.1 Å². The molecule has 7 atom stereocenters. The normalized spacial score (nSPS) is 53.4. The zero-order valence-corrected chi connectivity index (χ0v) is 16.6. The van der Waals surface area contributed by atoms with E-state index in [1.54, 1.807) is 0 Å². The van der Waals surface area contributed by atoms with E-state index in [1.807, 2.05) is 5.57 Å². The van der Waals surface area contributed by atoms with E-state index in [2.05, 4.69) is 34.6 Å². The maximum absolute atomic E-state index is 10.7. The molecule has 0 amide bonds. The van der Waals surface area contributed by atoms with Crippen molar-refractivity contribution in [2.45, 2.75) is 82.0 Å². The summed E-state index contributed by atoms with van der Waals surface area (Å²) in [6.45, 7) is 2.34. The lowest BCUT2D eigenvalue weighted by Crippen LogP contribution is -2.49. The van der Waals surface area contributed by atoms with Gasteiger partial charge in [-0.25, -0.2) is 0 Å². The second-order valence-corrected chi connectivity index (χ2v) is 12.1. The van der Waals surface area contributed by atoms with Gasteiger partial charge < -0.3 is 5.11 Å². The fourth-order valence-electron chi connectivity index (χ4n) is 7.55. The van der Waals surface area contributed by atoms with Crippen molar-refractivity contribution in [3.63, 3.8) is 0 Å². The van der Waals surface area contributed by atoms with Gasteiger partial charge in [0, 0.05) is 10.5 Å². The first-order valence-corrected chi connectivity index (χ1v) is 12.7. The van der Waals surface area contributed by atoms with Crippen LogP contribution in [0.2, 0.25) is 0 Å². The van der Waals surface area contributed by atoms with Crippen molar-refractivity contribution < 1.29 is 5.11 Å². The SMILES string of the molecule is CC[C@]12CC[C@H]3[C@@H](CCC4=CC5(CCSS5)CC[C@@H]43)[C@@H]1CC[C@@H]2O. The molecule has 3 saturated carbocycles. The third-order valence-corrected chi connectivity index (χ3v) is 11.9. The molecule has 24 heavy (non-hydrogen) atoms. The van der Waals surface area contributed by atoms with Gasteiger partial charge in [-0.2, -0.15) is 0 Å². The lowest BCUT2D eigenvalue weighted by molar-refractivity contribution is -0.0676. The third kappa shape index (κ3) is 2.26. The molecule has 5 aliphatic rings. The second-order valence-electron chi connectivity index (χ2n) is 9.28. The molecule has 0 aromatic rings. The Morgan fingerprint density at radius 3 is 2.79 bits per heavy atom. The first kappa shape index (κ1) is 16.6. The van der Waals surface area contributed by atoms with E-state index in [0.29, 0.717) is 4.75 Å². The first-order chi connectivity index (χ1) is 11.7. The van der Waals surface area contributed by atoms with Crippen molar-refractivity contribution in [2.75, 3.05) is 5.75 Å². The highest BCUT2D eigenvalue weighted by molar-refractivity contribution is 8.77. The van der Waals surface area contributed by atoms with Crippen LogP contribution < -0.4 is 0 Å². The average Bonchev–Trinajstić information content (AvgIpc) is 3.19. The zero-order valence-electron chi connectivity index (χ0n) is 15.0. The standard InChI is InChI=1S/C21H32OS2/c1-2-21-10-8-16-15-7-9-20(11-12-23-24-20)13-14(15)3-4-17(16)18(21)5-6-19(21)22/h13,15-19,22H,2-12H2,1H3/t15-,16+,17+,18-,19-,20?,21-/m0/s1. The predicted molar refractivity (Wildman–Crippen MR) is 105 cm³/mol. The van der Waals surface area contributed by atoms with E-state index in [1.165, 1.54) is 63.5 Å². The molecule has 1 heterocycles. The average molecular weight is 365 g/mol. The van der Waals surface area contributed by atoms with E-state index in [4.69, 9.17) is 0 Å². The molecule has 4 aliphatic carbocycles. The number of allylic oxidation sites excluding steroid dienone is 1. The highest BCUT2D eigenvalue weighted by atomic mass is 33.1. The van der Waals surface area contributed by atoms with E-state index < -0.39 is 0 Å².